The molecule has 0 amide bonds. The van der Waals surface area contributed by atoms with E-state index in [4.69, 9.17) is 9.47 Å². The molecule has 0 bridgehead atoms. The molecule has 5 heteroatoms. The van der Waals surface area contributed by atoms with Crippen LogP contribution in [0.15, 0.2) is 66.7 Å². The third-order valence-electron chi connectivity index (χ3n) is 6.89. The highest BCUT2D eigenvalue weighted by Gasteiger charge is 2.31. The quantitative estimate of drug-likeness (QED) is 0.474. The van der Waals surface area contributed by atoms with Gasteiger partial charge in [0.2, 0.25) is 0 Å². The fraction of sp³-hybridized carbons (Fsp3) is 0.310. The third-order valence-corrected chi connectivity index (χ3v) is 6.89. The van der Waals surface area contributed by atoms with E-state index in [2.05, 4.69) is 11.8 Å². The zero-order valence-electron chi connectivity index (χ0n) is 19.7. The molecule has 5 nitrogen and oxygen atoms in total. The number of likely N-dealkylation sites (tertiary alicyclic amines) is 1. The van der Waals surface area contributed by atoms with E-state index in [1.54, 1.807) is 24.3 Å². The van der Waals surface area contributed by atoms with Crippen LogP contribution in [-0.4, -0.2) is 40.9 Å². The van der Waals surface area contributed by atoms with Gasteiger partial charge in [0.1, 0.15) is 35.7 Å². The molecule has 2 N–H and O–H groups in total. The smallest absolute Gasteiger partial charge is 0.150 e. The van der Waals surface area contributed by atoms with Gasteiger partial charge in [0.15, 0.2) is 0 Å². The van der Waals surface area contributed by atoms with Gasteiger partial charge in [0.05, 0.1) is 5.56 Å². The average molecular weight is 458 g/mol. The van der Waals surface area contributed by atoms with Crippen molar-refractivity contribution in [1.82, 2.24) is 4.90 Å². The van der Waals surface area contributed by atoms with Crippen LogP contribution in [0.1, 0.15) is 49.5 Å². The summed E-state index contributed by atoms with van der Waals surface area (Å²) in [5.41, 5.74) is 4.37. The second kappa shape index (κ2) is 9.43. The van der Waals surface area contributed by atoms with E-state index in [1.807, 2.05) is 49.4 Å². The predicted octanol–water partition coefficient (Wildman–Crippen LogP) is 6.03. The Labute approximate surface area is 200 Å². The Kier molecular flexibility index (Phi) is 6.20. The lowest BCUT2D eigenvalue weighted by molar-refractivity contribution is 0.172. The van der Waals surface area contributed by atoms with Gasteiger partial charge in [-0.2, -0.15) is 0 Å². The molecule has 0 saturated carbocycles. The van der Waals surface area contributed by atoms with E-state index in [0.29, 0.717) is 24.0 Å². The van der Waals surface area contributed by atoms with Crippen molar-refractivity contribution < 1.29 is 19.7 Å². The van der Waals surface area contributed by atoms with Crippen molar-refractivity contribution in [2.24, 2.45) is 0 Å². The first-order valence-electron chi connectivity index (χ1n) is 12.0. The molecule has 2 aliphatic rings. The molecule has 34 heavy (non-hydrogen) atoms. The van der Waals surface area contributed by atoms with E-state index < -0.39 is 0 Å². The van der Waals surface area contributed by atoms with Gasteiger partial charge < -0.3 is 19.7 Å². The summed E-state index contributed by atoms with van der Waals surface area (Å²) in [5.74, 6) is 1.85. The minimum Gasteiger partial charge on any atom is -0.508 e. The summed E-state index contributed by atoms with van der Waals surface area (Å²) in [4.78, 5) is 2.48. The molecule has 2 heterocycles. The molecular formula is C29H31NO4. The third kappa shape index (κ3) is 4.36. The molecule has 5 rings (SSSR count). The lowest BCUT2D eigenvalue weighted by atomic mass is 9.86. The fourth-order valence-electron chi connectivity index (χ4n) is 5.03. The average Bonchev–Trinajstić information content (AvgIpc) is 3.38. The van der Waals surface area contributed by atoms with Crippen LogP contribution in [0, 0.1) is 0 Å². The zero-order valence-corrected chi connectivity index (χ0v) is 19.7. The normalized spacial score (nSPS) is 18.9. The number of aromatic hydroxyl groups is 2. The molecule has 0 aromatic heterocycles. The van der Waals surface area contributed by atoms with Crippen molar-refractivity contribution in [3.63, 3.8) is 0 Å². The molecule has 1 saturated heterocycles. The second-order valence-electron chi connectivity index (χ2n) is 9.21. The molecule has 3 aromatic rings. The number of benzene rings is 3. The number of phenols is 2. The largest absolute Gasteiger partial charge is 0.508 e. The Morgan fingerprint density at radius 3 is 2.47 bits per heavy atom. The summed E-state index contributed by atoms with van der Waals surface area (Å²) in [6, 6.07) is 20.9. The topological polar surface area (TPSA) is 62.2 Å². The van der Waals surface area contributed by atoms with Gasteiger partial charge in [-0.05, 0) is 92.9 Å². The minimum absolute atomic E-state index is 0.182. The molecule has 1 fully saturated rings. The van der Waals surface area contributed by atoms with Crippen molar-refractivity contribution in [2.45, 2.75) is 38.8 Å². The van der Waals surface area contributed by atoms with Crippen molar-refractivity contribution in [3.8, 4) is 23.0 Å². The Balaban J connectivity index is 1.44. The summed E-state index contributed by atoms with van der Waals surface area (Å²) in [6.07, 6.45) is 2.17. The number of phenolic OH excluding ortho intramolecular Hbond substituents is 2. The summed E-state index contributed by atoms with van der Waals surface area (Å²) in [5, 5.41) is 20.7. The fourth-order valence-corrected chi connectivity index (χ4v) is 5.03. The van der Waals surface area contributed by atoms with Gasteiger partial charge in [-0.3, -0.25) is 4.90 Å². The van der Waals surface area contributed by atoms with Gasteiger partial charge in [-0.1, -0.05) is 30.3 Å². The first-order valence-corrected chi connectivity index (χ1v) is 12.0. The van der Waals surface area contributed by atoms with Gasteiger partial charge in [-0.15, -0.1) is 0 Å². The standard InChI is InChI=1S/C29H31NO4/c1-19(30-15-3-4-16-30)18-33-24-13-11-21(12-14-24)29-27(22-7-5-8-23(31)17-22)20(2)28-25(32)9-6-10-26(28)34-29/h5-14,17,19,29,31-32H,3-4,15-16,18H2,1-2H3/t19-,29?/m0/s1. The van der Waals surface area contributed by atoms with Crippen LogP contribution in [0.4, 0.5) is 0 Å². The minimum atomic E-state index is -0.381. The van der Waals surface area contributed by atoms with Gasteiger partial charge in [0, 0.05) is 11.6 Å². The lowest BCUT2D eigenvalue weighted by Crippen LogP contribution is -2.34. The number of fused-ring (bicyclic) bond motifs is 1. The molecule has 0 spiro atoms. The van der Waals surface area contributed by atoms with Crippen molar-refractivity contribution in [3.05, 3.63) is 83.4 Å². The number of allylic oxidation sites excluding steroid dienone is 1. The SMILES string of the molecule is CC1=C(c2cccc(O)c2)C(c2ccc(OC[C@H](C)N3CCCC3)cc2)Oc2cccc(O)c21. The Morgan fingerprint density at radius 1 is 1.00 bits per heavy atom. The number of hydrogen-bond acceptors (Lipinski definition) is 5. The van der Waals surface area contributed by atoms with E-state index in [-0.39, 0.29) is 17.6 Å². The Hall–Kier alpha value is -3.44. The van der Waals surface area contributed by atoms with Crippen LogP contribution in [0.5, 0.6) is 23.0 Å². The lowest BCUT2D eigenvalue weighted by Gasteiger charge is -2.31. The number of hydrogen-bond donors (Lipinski definition) is 2. The second-order valence-corrected chi connectivity index (χ2v) is 9.21. The van der Waals surface area contributed by atoms with Crippen molar-refractivity contribution in [1.29, 1.82) is 0 Å². The summed E-state index contributed by atoms with van der Waals surface area (Å²) in [7, 11) is 0. The summed E-state index contributed by atoms with van der Waals surface area (Å²) >= 11 is 0. The maximum Gasteiger partial charge on any atom is 0.150 e. The van der Waals surface area contributed by atoms with Gasteiger partial charge >= 0.3 is 0 Å². The summed E-state index contributed by atoms with van der Waals surface area (Å²) < 4.78 is 12.5. The Morgan fingerprint density at radius 2 is 1.74 bits per heavy atom. The highest BCUT2D eigenvalue weighted by atomic mass is 16.5. The molecule has 2 aliphatic heterocycles. The molecular weight excluding hydrogens is 426 g/mol. The molecule has 1 unspecified atom stereocenters. The first-order chi connectivity index (χ1) is 16.5. The van der Waals surface area contributed by atoms with Crippen LogP contribution >= 0.6 is 0 Å². The van der Waals surface area contributed by atoms with Gasteiger partial charge in [-0.25, -0.2) is 0 Å². The highest BCUT2D eigenvalue weighted by Crippen LogP contribution is 2.49. The van der Waals surface area contributed by atoms with Crippen LogP contribution in [0.25, 0.3) is 11.1 Å². The van der Waals surface area contributed by atoms with Crippen LogP contribution < -0.4 is 9.47 Å². The van der Waals surface area contributed by atoms with E-state index in [9.17, 15) is 10.2 Å². The zero-order chi connectivity index (χ0) is 23.7. The monoisotopic (exact) mass is 457 g/mol. The highest BCUT2D eigenvalue weighted by molar-refractivity contribution is 5.97. The van der Waals surface area contributed by atoms with E-state index in [0.717, 1.165) is 41.1 Å². The van der Waals surface area contributed by atoms with Gasteiger partial charge in [0.25, 0.3) is 0 Å². The van der Waals surface area contributed by atoms with E-state index >= 15 is 0 Å². The number of nitrogens with zero attached hydrogens (tertiary/aromatic N) is 1. The number of rotatable bonds is 6. The molecule has 3 aromatic carbocycles. The maximum absolute atomic E-state index is 10.5. The van der Waals surface area contributed by atoms with Crippen LogP contribution in [0.2, 0.25) is 0 Å². The summed E-state index contributed by atoms with van der Waals surface area (Å²) in [6.45, 7) is 7.19. The predicted molar refractivity (Wildman–Crippen MR) is 134 cm³/mol. The van der Waals surface area contributed by atoms with E-state index in [1.165, 1.54) is 12.8 Å². The Bertz CT molecular complexity index is 1200. The maximum atomic E-state index is 10.5. The molecule has 176 valence electrons. The molecule has 2 atom stereocenters. The number of ether oxygens (including phenoxy) is 2. The van der Waals surface area contributed by atoms with Crippen molar-refractivity contribution >= 4 is 11.1 Å². The molecule has 0 radical (unpaired) electrons. The van der Waals surface area contributed by atoms with Crippen LogP contribution in [0.3, 0.4) is 0 Å². The molecule has 0 aliphatic carbocycles. The van der Waals surface area contributed by atoms with Crippen LogP contribution in [-0.2, 0) is 0 Å². The first kappa shape index (κ1) is 22.4. The van der Waals surface area contributed by atoms with Crippen molar-refractivity contribution in [2.75, 3.05) is 19.7 Å².